The first-order chi connectivity index (χ1) is 9.23. The van der Waals surface area contributed by atoms with Crippen LogP contribution in [0, 0.1) is 0 Å². The second-order valence-corrected chi connectivity index (χ2v) is 4.92. The van der Waals surface area contributed by atoms with Gasteiger partial charge >= 0.3 is 11.5 Å². The van der Waals surface area contributed by atoms with Crippen molar-refractivity contribution in [3.63, 3.8) is 0 Å². The molecule has 1 N–H and O–H groups in total. The third kappa shape index (κ3) is 5.12. The molecule has 0 aliphatic rings. The first-order valence-electron chi connectivity index (χ1n) is 5.60. The smallest absolute Gasteiger partial charge is 0.446 e. The molecule has 110 valence electrons. The number of carboxylic acid groups (broad SMARTS) is 1. The number of likely N-dealkylation sites (N-methyl/N-ethyl adjacent to an activating group) is 1. The number of hydrogen-bond donors (Lipinski definition) is 1. The maximum atomic E-state index is 12.1. The van der Waals surface area contributed by atoms with Gasteiger partial charge in [0.1, 0.15) is 6.54 Å². The molecule has 20 heavy (non-hydrogen) atoms. The molecule has 0 aliphatic carbocycles. The van der Waals surface area contributed by atoms with Crippen LogP contribution in [0.5, 0.6) is 0 Å². The van der Waals surface area contributed by atoms with Crippen molar-refractivity contribution < 1.29 is 27.9 Å². The number of hydrogen-bond acceptors (Lipinski definition) is 3. The summed E-state index contributed by atoms with van der Waals surface area (Å²) in [6.07, 6.45) is 0. The van der Waals surface area contributed by atoms with Gasteiger partial charge in [-0.25, -0.2) is 0 Å². The van der Waals surface area contributed by atoms with Crippen LogP contribution in [0.2, 0.25) is 0 Å². The Morgan fingerprint density at radius 1 is 1.25 bits per heavy atom. The number of amides is 1. The van der Waals surface area contributed by atoms with Gasteiger partial charge in [-0.15, -0.1) is 0 Å². The quantitative estimate of drug-likeness (QED) is 0.850. The van der Waals surface area contributed by atoms with E-state index in [1.807, 2.05) is 0 Å². The highest BCUT2D eigenvalue weighted by molar-refractivity contribution is 8.00. The SMILES string of the molecule is CCN(CC(=O)O)C(=O)c1ccc(SC(F)(F)F)cc1. The number of nitrogens with zero attached hydrogens (tertiary/aromatic N) is 1. The van der Waals surface area contributed by atoms with Crippen LogP contribution in [0.1, 0.15) is 17.3 Å². The number of benzene rings is 1. The lowest BCUT2D eigenvalue weighted by atomic mass is 10.2. The molecular formula is C12H12F3NO3S. The number of halogens is 3. The molecule has 4 nitrogen and oxygen atoms in total. The topological polar surface area (TPSA) is 57.6 Å². The van der Waals surface area contributed by atoms with Crippen molar-refractivity contribution in [1.29, 1.82) is 0 Å². The number of carbonyl (C=O) groups excluding carboxylic acids is 1. The number of rotatable bonds is 5. The number of thioether (sulfide) groups is 1. The van der Waals surface area contributed by atoms with Crippen LogP contribution in [0.25, 0.3) is 0 Å². The molecule has 0 atom stereocenters. The fraction of sp³-hybridized carbons (Fsp3) is 0.333. The molecule has 1 aromatic carbocycles. The summed E-state index contributed by atoms with van der Waals surface area (Å²) in [5.41, 5.74) is -4.23. The van der Waals surface area contributed by atoms with Gasteiger partial charge in [0.25, 0.3) is 5.91 Å². The number of alkyl halides is 3. The molecule has 0 saturated heterocycles. The minimum atomic E-state index is -4.38. The third-order valence-electron chi connectivity index (χ3n) is 2.33. The lowest BCUT2D eigenvalue weighted by Gasteiger charge is -2.18. The Kier molecular flexibility index (Phi) is 5.43. The highest BCUT2D eigenvalue weighted by Crippen LogP contribution is 2.36. The van der Waals surface area contributed by atoms with Crippen LogP contribution >= 0.6 is 11.8 Å². The molecule has 0 fully saturated rings. The third-order valence-corrected chi connectivity index (χ3v) is 3.07. The first kappa shape index (κ1) is 16.4. The number of aliphatic carboxylic acids is 1. The fourth-order valence-corrected chi connectivity index (χ4v) is 2.01. The molecule has 0 heterocycles. The largest absolute Gasteiger partial charge is 0.480 e. The Labute approximate surface area is 117 Å². The summed E-state index contributed by atoms with van der Waals surface area (Å²) >= 11 is -0.273. The Hall–Kier alpha value is -1.70. The highest BCUT2D eigenvalue weighted by Gasteiger charge is 2.29. The van der Waals surface area contributed by atoms with Crippen LogP contribution in [0.15, 0.2) is 29.2 Å². The molecule has 1 aromatic rings. The van der Waals surface area contributed by atoms with Crippen molar-refractivity contribution in [2.75, 3.05) is 13.1 Å². The molecule has 0 aliphatic heterocycles. The zero-order valence-corrected chi connectivity index (χ0v) is 11.3. The van der Waals surface area contributed by atoms with Crippen molar-refractivity contribution in [2.45, 2.75) is 17.3 Å². The van der Waals surface area contributed by atoms with Gasteiger partial charge in [0.05, 0.1) is 0 Å². The highest BCUT2D eigenvalue weighted by atomic mass is 32.2. The predicted molar refractivity (Wildman–Crippen MR) is 67.6 cm³/mol. The van der Waals surface area contributed by atoms with E-state index in [0.717, 1.165) is 4.90 Å². The van der Waals surface area contributed by atoms with Gasteiger partial charge < -0.3 is 10.0 Å². The predicted octanol–water partition coefficient (Wildman–Crippen LogP) is 2.85. The molecule has 0 radical (unpaired) electrons. The first-order valence-corrected chi connectivity index (χ1v) is 6.41. The number of carbonyl (C=O) groups is 2. The molecule has 0 saturated carbocycles. The van der Waals surface area contributed by atoms with Crippen molar-refractivity contribution in [1.82, 2.24) is 4.90 Å². The molecule has 1 rings (SSSR count). The van der Waals surface area contributed by atoms with Gasteiger partial charge in [0, 0.05) is 17.0 Å². The van der Waals surface area contributed by atoms with Crippen molar-refractivity contribution in [3.05, 3.63) is 29.8 Å². The van der Waals surface area contributed by atoms with Gasteiger partial charge in [-0.1, -0.05) is 0 Å². The summed E-state index contributed by atoms with van der Waals surface area (Å²) in [6.45, 7) is 1.37. The van der Waals surface area contributed by atoms with Gasteiger partial charge in [0.15, 0.2) is 0 Å². The summed E-state index contributed by atoms with van der Waals surface area (Å²) in [5, 5.41) is 8.66. The molecule has 0 spiro atoms. The maximum Gasteiger partial charge on any atom is 0.446 e. The molecular weight excluding hydrogens is 295 g/mol. The second-order valence-electron chi connectivity index (χ2n) is 3.79. The van der Waals surface area contributed by atoms with E-state index >= 15 is 0 Å². The lowest BCUT2D eigenvalue weighted by Crippen LogP contribution is -2.35. The minimum absolute atomic E-state index is 0.0321. The van der Waals surface area contributed by atoms with Gasteiger partial charge in [-0.3, -0.25) is 9.59 Å². The molecule has 8 heteroatoms. The van der Waals surface area contributed by atoms with E-state index in [1.165, 1.54) is 24.3 Å². The van der Waals surface area contributed by atoms with E-state index in [1.54, 1.807) is 6.92 Å². The standard InChI is InChI=1S/C12H12F3NO3S/c1-2-16(7-10(17)18)11(19)8-3-5-9(6-4-8)20-12(13,14)15/h3-6H,2,7H2,1H3,(H,17,18). The fourth-order valence-electron chi connectivity index (χ4n) is 1.47. The summed E-state index contributed by atoms with van der Waals surface area (Å²) in [5.74, 6) is -1.68. The normalized spacial score (nSPS) is 11.2. The van der Waals surface area contributed by atoms with Crippen LogP contribution in [0.4, 0.5) is 13.2 Å². The number of carboxylic acids is 1. The lowest BCUT2D eigenvalue weighted by molar-refractivity contribution is -0.137. The molecule has 1 amide bonds. The average Bonchev–Trinajstić information content (AvgIpc) is 2.34. The minimum Gasteiger partial charge on any atom is -0.480 e. The molecule has 0 aromatic heterocycles. The van der Waals surface area contributed by atoms with Crippen LogP contribution in [-0.4, -0.2) is 40.5 Å². The zero-order valence-electron chi connectivity index (χ0n) is 10.5. The molecule has 0 bridgehead atoms. The van der Waals surface area contributed by atoms with E-state index < -0.39 is 23.9 Å². The van der Waals surface area contributed by atoms with E-state index in [9.17, 15) is 22.8 Å². The maximum absolute atomic E-state index is 12.1. The van der Waals surface area contributed by atoms with Gasteiger partial charge in [-0.2, -0.15) is 13.2 Å². The van der Waals surface area contributed by atoms with E-state index in [0.29, 0.717) is 0 Å². The monoisotopic (exact) mass is 307 g/mol. The van der Waals surface area contributed by atoms with Crippen LogP contribution in [0.3, 0.4) is 0 Å². The summed E-state index contributed by atoms with van der Waals surface area (Å²) < 4.78 is 36.4. The summed E-state index contributed by atoms with van der Waals surface area (Å²) in [7, 11) is 0. The second kappa shape index (κ2) is 6.65. The van der Waals surface area contributed by atoms with Crippen LogP contribution < -0.4 is 0 Å². The average molecular weight is 307 g/mol. The molecule has 0 unspecified atom stereocenters. The van der Waals surface area contributed by atoms with E-state index in [2.05, 4.69) is 0 Å². The Bertz CT molecular complexity index is 488. The van der Waals surface area contributed by atoms with E-state index in [-0.39, 0.29) is 28.8 Å². The van der Waals surface area contributed by atoms with E-state index in [4.69, 9.17) is 5.11 Å². The zero-order chi connectivity index (χ0) is 15.3. The Balaban J connectivity index is 2.81. The summed E-state index contributed by atoms with van der Waals surface area (Å²) in [4.78, 5) is 23.6. The van der Waals surface area contributed by atoms with Crippen molar-refractivity contribution in [2.24, 2.45) is 0 Å². The van der Waals surface area contributed by atoms with Gasteiger partial charge in [0.2, 0.25) is 0 Å². The van der Waals surface area contributed by atoms with Crippen LogP contribution in [-0.2, 0) is 4.79 Å². The Morgan fingerprint density at radius 3 is 2.20 bits per heavy atom. The van der Waals surface area contributed by atoms with Gasteiger partial charge in [-0.05, 0) is 43.0 Å². The summed E-state index contributed by atoms with van der Waals surface area (Å²) in [6, 6.07) is 4.86. The Morgan fingerprint density at radius 2 is 1.80 bits per heavy atom. The van der Waals surface area contributed by atoms with Crippen molar-refractivity contribution in [3.8, 4) is 0 Å². The van der Waals surface area contributed by atoms with Crippen molar-refractivity contribution >= 4 is 23.6 Å².